The lowest BCUT2D eigenvalue weighted by molar-refractivity contribution is -0.129. The van der Waals surface area contributed by atoms with E-state index in [1.54, 1.807) is 0 Å². The molecule has 3 aliphatic rings. The highest BCUT2D eigenvalue weighted by molar-refractivity contribution is 5.96. The Hall–Kier alpha value is -1.13. The van der Waals surface area contributed by atoms with Gasteiger partial charge in [0.05, 0.1) is 0 Å². The second kappa shape index (κ2) is 8.35. The minimum absolute atomic E-state index is 0.226. The van der Waals surface area contributed by atoms with E-state index in [1.165, 1.54) is 0 Å². The SMILES string of the molecule is CC.O=C(C1=CCCCC=C1)N1CCN(C2CNC2)CC1. The second-order valence-electron chi connectivity index (χ2n) is 5.63. The third-order valence-electron chi connectivity index (χ3n) is 4.36. The van der Waals surface area contributed by atoms with Crippen molar-refractivity contribution in [1.82, 2.24) is 15.1 Å². The van der Waals surface area contributed by atoms with Crippen LogP contribution in [0.3, 0.4) is 0 Å². The average molecular weight is 291 g/mol. The first-order chi connectivity index (χ1) is 10.3. The highest BCUT2D eigenvalue weighted by Gasteiger charge is 2.29. The standard InChI is InChI=1S/C15H23N3O.C2H6/c19-15(13-5-3-1-2-4-6-13)18-9-7-17(8-10-18)14-11-16-12-14;1-2/h3,5-6,14,16H,1-2,4,7-12H2;1-2H3. The Balaban J connectivity index is 0.000000774. The number of rotatable bonds is 2. The van der Waals surface area contributed by atoms with E-state index in [9.17, 15) is 4.79 Å². The zero-order chi connectivity index (χ0) is 15.1. The number of nitrogens with one attached hydrogen (secondary N) is 1. The Morgan fingerprint density at radius 3 is 2.48 bits per heavy atom. The van der Waals surface area contributed by atoms with Crippen LogP contribution in [0.2, 0.25) is 0 Å². The molecule has 2 saturated heterocycles. The highest BCUT2D eigenvalue weighted by atomic mass is 16.2. The number of allylic oxidation sites excluding steroid dienone is 2. The molecule has 1 N–H and O–H groups in total. The van der Waals surface area contributed by atoms with Crippen molar-refractivity contribution in [2.45, 2.75) is 39.2 Å². The van der Waals surface area contributed by atoms with Gasteiger partial charge in [-0.2, -0.15) is 0 Å². The fraction of sp³-hybridized carbons (Fsp3) is 0.706. The maximum atomic E-state index is 12.4. The maximum Gasteiger partial charge on any atom is 0.253 e. The van der Waals surface area contributed by atoms with Gasteiger partial charge in [-0.1, -0.05) is 32.1 Å². The van der Waals surface area contributed by atoms with Crippen LogP contribution in [0.15, 0.2) is 23.8 Å². The van der Waals surface area contributed by atoms with E-state index in [4.69, 9.17) is 0 Å². The van der Waals surface area contributed by atoms with Gasteiger partial charge in [-0.25, -0.2) is 0 Å². The van der Waals surface area contributed by atoms with Crippen LogP contribution in [0, 0.1) is 0 Å². The number of nitrogens with zero attached hydrogens (tertiary/aromatic N) is 2. The lowest BCUT2D eigenvalue weighted by Gasteiger charge is -2.43. The molecule has 4 nitrogen and oxygen atoms in total. The Morgan fingerprint density at radius 1 is 1.14 bits per heavy atom. The van der Waals surface area contributed by atoms with E-state index in [-0.39, 0.29) is 5.91 Å². The van der Waals surface area contributed by atoms with Crippen LogP contribution in [0.5, 0.6) is 0 Å². The maximum absolute atomic E-state index is 12.4. The van der Waals surface area contributed by atoms with Crippen LogP contribution in [0.25, 0.3) is 0 Å². The van der Waals surface area contributed by atoms with Gasteiger partial charge < -0.3 is 10.2 Å². The quantitative estimate of drug-likeness (QED) is 0.842. The summed E-state index contributed by atoms with van der Waals surface area (Å²) >= 11 is 0. The molecule has 1 amide bonds. The van der Waals surface area contributed by atoms with Gasteiger partial charge in [0.1, 0.15) is 0 Å². The summed E-state index contributed by atoms with van der Waals surface area (Å²) in [5, 5.41) is 3.31. The number of hydrogen-bond acceptors (Lipinski definition) is 3. The van der Waals surface area contributed by atoms with Crippen LogP contribution in [0.1, 0.15) is 33.1 Å². The molecule has 3 rings (SSSR count). The molecule has 0 radical (unpaired) electrons. The molecule has 118 valence electrons. The largest absolute Gasteiger partial charge is 0.336 e. The molecule has 21 heavy (non-hydrogen) atoms. The van der Waals surface area contributed by atoms with Crippen LogP contribution >= 0.6 is 0 Å². The zero-order valence-corrected chi connectivity index (χ0v) is 13.5. The molecule has 2 aliphatic heterocycles. The zero-order valence-electron chi connectivity index (χ0n) is 13.5. The van der Waals surface area contributed by atoms with Crippen molar-refractivity contribution in [2.75, 3.05) is 39.3 Å². The third kappa shape index (κ3) is 4.17. The smallest absolute Gasteiger partial charge is 0.253 e. The molecule has 2 fully saturated rings. The molecule has 0 aromatic carbocycles. The van der Waals surface area contributed by atoms with E-state index >= 15 is 0 Å². The molecule has 0 saturated carbocycles. The molecule has 0 bridgehead atoms. The Morgan fingerprint density at radius 2 is 1.86 bits per heavy atom. The molecule has 1 aliphatic carbocycles. The summed E-state index contributed by atoms with van der Waals surface area (Å²) in [5.41, 5.74) is 0.899. The molecular formula is C17H29N3O. The summed E-state index contributed by atoms with van der Waals surface area (Å²) < 4.78 is 0. The van der Waals surface area contributed by atoms with E-state index in [0.29, 0.717) is 6.04 Å². The van der Waals surface area contributed by atoms with Gasteiger partial charge in [-0.3, -0.25) is 9.69 Å². The lowest BCUT2D eigenvalue weighted by atomic mass is 10.1. The fourth-order valence-corrected chi connectivity index (χ4v) is 2.93. The number of carbonyl (C=O) groups is 1. The Bertz CT molecular complexity index is 391. The average Bonchev–Trinajstić information content (AvgIpc) is 2.77. The Labute approximate surface area is 128 Å². The first kappa shape index (κ1) is 16.2. The molecule has 0 atom stereocenters. The number of piperazine rings is 1. The summed E-state index contributed by atoms with van der Waals surface area (Å²) in [6.45, 7) is 10.0. The Kier molecular flexibility index (Phi) is 6.46. The molecule has 0 aromatic rings. The van der Waals surface area contributed by atoms with Crippen molar-refractivity contribution in [3.05, 3.63) is 23.8 Å². The van der Waals surface area contributed by atoms with Crippen molar-refractivity contribution in [2.24, 2.45) is 0 Å². The third-order valence-corrected chi connectivity index (χ3v) is 4.36. The van der Waals surface area contributed by atoms with Gasteiger partial charge in [-0.05, 0) is 19.3 Å². The van der Waals surface area contributed by atoms with Gasteiger partial charge in [0.2, 0.25) is 0 Å². The molecule has 4 heteroatoms. The van der Waals surface area contributed by atoms with Gasteiger partial charge in [0.15, 0.2) is 0 Å². The van der Waals surface area contributed by atoms with Crippen LogP contribution in [0.4, 0.5) is 0 Å². The summed E-state index contributed by atoms with van der Waals surface area (Å²) in [7, 11) is 0. The minimum atomic E-state index is 0.226. The normalized spacial score (nSPS) is 23.5. The van der Waals surface area contributed by atoms with E-state index < -0.39 is 0 Å². The molecule has 0 spiro atoms. The van der Waals surface area contributed by atoms with Crippen molar-refractivity contribution < 1.29 is 4.79 Å². The van der Waals surface area contributed by atoms with Crippen molar-refractivity contribution >= 4 is 5.91 Å². The second-order valence-corrected chi connectivity index (χ2v) is 5.63. The molecule has 2 heterocycles. The minimum Gasteiger partial charge on any atom is -0.336 e. The molecular weight excluding hydrogens is 262 g/mol. The highest BCUT2D eigenvalue weighted by Crippen LogP contribution is 2.15. The van der Waals surface area contributed by atoms with Gasteiger partial charge in [-0.15, -0.1) is 0 Å². The predicted molar refractivity (Wildman–Crippen MR) is 87.2 cm³/mol. The first-order valence-corrected chi connectivity index (χ1v) is 8.45. The number of carbonyl (C=O) groups excluding carboxylic acids is 1. The van der Waals surface area contributed by atoms with E-state index in [2.05, 4.69) is 22.4 Å². The van der Waals surface area contributed by atoms with Crippen molar-refractivity contribution in [1.29, 1.82) is 0 Å². The first-order valence-electron chi connectivity index (χ1n) is 8.45. The summed E-state index contributed by atoms with van der Waals surface area (Å²) in [6.07, 6.45) is 9.53. The van der Waals surface area contributed by atoms with Crippen LogP contribution < -0.4 is 5.32 Å². The summed E-state index contributed by atoms with van der Waals surface area (Å²) in [5.74, 6) is 0.226. The monoisotopic (exact) mass is 291 g/mol. The number of hydrogen-bond donors (Lipinski definition) is 1. The van der Waals surface area contributed by atoms with Crippen LogP contribution in [-0.2, 0) is 4.79 Å². The van der Waals surface area contributed by atoms with Crippen molar-refractivity contribution in [3.8, 4) is 0 Å². The molecule has 0 unspecified atom stereocenters. The summed E-state index contributed by atoms with van der Waals surface area (Å²) in [4.78, 5) is 17.0. The van der Waals surface area contributed by atoms with E-state index in [0.717, 1.165) is 64.1 Å². The van der Waals surface area contributed by atoms with Gasteiger partial charge in [0.25, 0.3) is 5.91 Å². The van der Waals surface area contributed by atoms with Gasteiger partial charge in [0, 0.05) is 50.9 Å². The lowest BCUT2D eigenvalue weighted by Crippen LogP contribution is -2.62. The van der Waals surface area contributed by atoms with E-state index in [1.807, 2.05) is 24.8 Å². The van der Waals surface area contributed by atoms with Crippen molar-refractivity contribution in [3.63, 3.8) is 0 Å². The topological polar surface area (TPSA) is 35.6 Å². The fourth-order valence-electron chi connectivity index (χ4n) is 2.93. The van der Waals surface area contributed by atoms with Gasteiger partial charge >= 0.3 is 0 Å². The van der Waals surface area contributed by atoms with Crippen LogP contribution in [-0.4, -0.2) is 61.0 Å². The summed E-state index contributed by atoms with van der Waals surface area (Å²) in [6, 6.07) is 0.703. The molecule has 0 aromatic heterocycles. The predicted octanol–water partition coefficient (Wildman–Crippen LogP) is 1.80. The number of amides is 1.